The van der Waals surface area contributed by atoms with Crippen molar-refractivity contribution in [2.75, 3.05) is 0 Å². The molecule has 0 aromatic rings. The van der Waals surface area contributed by atoms with Crippen LogP contribution in [0.15, 0.2) is 29.0 Å². The number of allylic oxidation sites excluding steroid dienone is 3. The third kappa shape index (κ3) is 1.89. The summed E-state index contributed by atoms with van der Waals surface area (Å²) in [6, 6.07) is 0. The summed E-state index contributed by atoms with van der Waals surface area (Å²) in [5, 5.41) is 0. The maximum absolute atomic E-state index is 3.28. The second-order valence-corrected chi connectivity index (χ2v) is 2.78. The highest BCUT2D eigenvalue weighted by Crippen LogP contribution is 2.15. The second-order valence-electron chi connectivity index (χ2n) is 2.78. The van der Waals surface area contributed by atoms with E-state index in [1.807, 2.05) is 6.08 Å². The molecular formula is C10H14. The van der Waals surface area contributed by atoms with Gasteiger partial charge in [0.1, 0.15) is 0 Å². The maximum Gasteiger partial charge on any atom is -0.0201 e. The van der Waals surface area contributed by atoms with Crippen molar-refractivity contribution in [2.45, 2.75) is 33.1 Å². The van der Waals surface area contributed by atoms with Crippen molar-refractivity contribution in [1.82, 2.24) is 0 Å². The number of hydrogen-bond acceptors (Lipinski definition) is 0. The Labute approximate surface area is 62.9 Å². The highest BCUT2D eigenvalue weighted by molar-refractivity contribution is 5.18. The zero-order valence-corrected chi connectivity index (χ0v) is 6.78. The van der Waals surface area contributed by atoms with E-state index >= 15 is 0 Å². The highest BCUT2D eigenvalue weighted by atomic mass is 14.0. The van der Waals surface area contributed by atoms with Crippen LogP contribution in [-0.2, 0) is 0 Å². The van der Waals surface area contributed by atoms with Gasteiger partial charge in [-0.3, -0.25) is 0 Å². The summed E-state index contributed by atoms with van der Waals surface area (Å²) in [5.41, 5.74) is 6.20. The van der Waals surface area contributed by atoms with E-state index in [0.29, 0.717) is 0 Å². The molecule has 0 aromatic carbocycles. The molecule has 0 fully saturated rings. The van der Waals surface area contributed by atoms with Gasteiger partial charge in [-0.15, -0.1) is 5.73 Å². The lowest BCUT2D eigenvalue weighted by atomic mass is 10.1. The predicted octanol–water partition coefficient (Wildman–Crippen LogP) is 3.22. The first-order valence-corrected chi connectivity index (χ1v) is 3.93. The molecule has 54 valence electrons. The second kappa shape index (κ2) is 3.43. The van der Waals surface area contributed by atoms with Crippen molar-refractivity contribution in [2.24, 2.45) is 0 Å². The zero-order chi connectivity index (χ0) is 7.40. The average Bonchev–Trinajstić information content (AvgIpc) is 2.14. The van der Waals surface area contributed by atoms with Crippen LogP contribution in [0.4, 0.5) is 0 Å². The van der Waals surface area contributed by atoms with Gasteiger partial charge in [0, 0.05) is 0 Å². The standard InChI is InChI=1S/C10H14/c1-3-10-6-4-5-9(2)7-8-10/h4-5H,3,7-8H2,1-2H3. The minimum atomic E-state index is 1.15. The van der Waals surface area contributed by atoms with Crippen molar-refractivity contribution in [3.8, 4) is 0 Å². The molecule has 0 spiro atoms. The summed E-state index contributed by atoms with van der Waals surface area (Å²) in [4.78, 5) is 0. The van der Waals surface area contributed by atoms with E-state index in [2.05, 4.69) is 25.7 Å². The fourth-order valence-corrected chi connectivity index (χ4v) is 1.08. The lowest BCUT2D eigenvalue weighted by molar-refractivity contribution is 0.882. The van der Waals surface area contributed by atoms with Gasteiger partial charge in [-0.05, 0) is 37.8 Å². The average molecular weight is 134 g/mol. The predicted molar refractivity (Wildman–Crippen MR) is 44.9 cm³/mol. The molecule has 0 nitrogen and oxygen atoms in total. The Bertz CT molecular complexity index is 200. The van der Waals surface area contributed by atoms with Crippen molar-refractivity contribution in [3.63, 3.8) is 0 Å². The lowest BCUT2D eigenvalue weighted by Gasteiger charge is -1.98. The molecule has 0 radical (unpaired) electrons. The van der Waals surface area contributed by atoms with Crippen LogP contribution >= 0.6 is 0 Å². The molecule has 0 aliphatic heterocycles. The number of hydrogen-bond donors (Lipinski definition) is 0. The Kier molecular flexibility index (Phi) is 2.53. The fourth-order valence-electron chi connectivity index (χ4n) is 1.08. The normalized spacial score (nSPS) is 17.8. The maximum atomic E-state index is 3.28. The van der Waals surface area contributed by atoms with Crippen LogP contribution in [-0.4, -0.2) is 0 Å². The quantitative estimate of drug-likeness (QED) is 0.483. The van der Waals surface area contributed by atoms with Gasteiger partial charge >= 0.3 is 0 Å². The molecule has 1 aliphatic rings. The van der Waals surface area contributed by atoms with Gasteiger partial charge in [-0.25, -0.2) is 0 Å². The Balaban J connectivity index is 2.74. The molecular weight excluding hydrogens is 120 g/mol. The van der Waals surface area contributed by atoms with E-state index in [1.165, 1.54) is 24.0 Å². The molecule has 0 heteroatoms. The Hall–Kier alpha value is -0.740. The van der Waals surface area contributed by atoms with Crippen LogP contribution in [0.5, 0.6) is 0 Å². The zero-order valence-electron chi connectivity index (χ0n) is 6.78. The summed E-state index contributed by atoms with van der Waals surface area (Å²) >= 11 is 0. The van der Waals surface area contributed by atoms with Gasteiger partial charge in [-0.2, -0.15) is 0 Å². The molecule has 0 unspecified atom stereocenters. The van der Waals surface area contributed by atoms with Crippen LogP contribution in [0.3, 0.4) is 0 Å². The van der Waals surface area contributed by atoms with E-state index < -0.39 is 0 Å². The Morgan fingerprint density at radius 3 is 3.00 bits per heavy atom. The van der Waals surface area contributed by atoms with Gasteiger partial charge in [0.2, 0.25) is 0 Å². The monoisotopic (exact) mass is 134 g/mol. The Morgan fingerprint density at radius 2 is 2.30 bits per heavy atom. The van der Waals surface area contributed by atoms with Gasteiger partial charge < -0.3 is 0 Å². The fraction of sp³-hybridized carbons (Fsp3) is 0.500. The first kappa shape index (κ1) is 7.37. The van der Waals surface area contributed by atoms with E-state index in [1.54, 1.807) is 0 Å². The lowest BCUT2D eigenvalue weighted by Crippen LogP contribution is -1.79. The summed E-state index contributed by atoms with van der Waals surface area (Å²) in [7, 11) is 0. The minimum Gasteiger partial charge on any atom is -0.122 e. The van der Waals surface area contributed by atoms with Crippen LogP contribution in [0.25, 0.3) is 0 Å². The van der Waals surface area contributed by atoms with E-state index in [0.717, 1.165) is 6.42 Å². The molecule has 0 amide bonds. The summed E-state index contributed by atoms with van der Waals surface area (Å²) in [5.74, 6) is 0. The molecule has 0 bridgehead atoms. The summed E-state index contributed by atoms with van der Waals surface area (Å²) in [6.07, 6.45) is 7.77. The molecule has 0 heterocycles. The third-order valence-electron chi connectivity index (χ3n) is 1.90. The topological polar surface area (TPSA) is 0 Å². The highest BCUT2D eigenvalue weighted by Gasteiger charge is 1.96. The number of rotatable bonds is 1. The first-order valence-electron chi connectivity index (χ1n) is 3.93. The van der Waals surface area contributed by atoms with Gasteiger partial charge in [-0.1, -0.05) is 18.6 Å². The van der Waals surface area contributed by atoms with Crippen LogP contribution in [0, 0.1) is 0 Å². The molecule has 0 N–H and O–H groups in total. The molecule has 0 saturated carbocycles. The van der Waals surface area contributed by atoms with Crippen molar-refractivity contribution in [3.05, 3.63) is 29.0 Å². The first-order chi connectivity index (χ1) is 4.83. The van der Waals surface area contributed by atoms with Crippen LogP contribution < -0.4 is 0 Å². The van der Waals surface area contributed by atoms with Crippen molar-refractivity contribution >= 4 is 0 Å². The van der Waals surface area contributed by atoms with Gasteiger partial charge in [0.15, 0.2) is 0 Å². The molecule has 10 heavy (non-hydrogen) atoms. The third-order valence-corrected chi connectivity index (χ3v) is 1.90. The summed E-state index contributed by atoms with van der Waals surface area (Å²) in [6.45, 7) is 4.37. The molecule has 1 rings (SSSR count). The molecule has 0 aromatic heterocycles. The molecule has 0 saturated heterocycles. The summed E-state index contributed by atoms with van der Waals surface area (Å²) < 4.78 is 0. The van der Waals surface area contributed by atoms with E-state index in [-0.39, 0.29) is 0 Å². The van der Waals surface area contributed by atoms with Crippen LogP contribution in [0.2, 0.25) is 0 Å². The smallest absolute Gasteiger partial charge is 0.0201 e. The van der Waals surface area contributed by atoms with E-state index in [9.17, 15) is 0 Å². The van der Waals surface area contributed by atoms with Crippen LogP contribution in [0.1, 0.15) is 33.1 Å². The SMILES string of the molecule is CCC1=C=CC=C(C)CC1. The Morgan fingerprint density at radius 1 is 1.50 bits per heavy atom. The largest absolute Gasteiger partial charge is 0.122 e. The molecule has 1 aliphatic carbocycles. The van der Waals surface area contributed by atoms with Crippen molar-refractivity contribution in [1.29, 1.82) is 0 Å². The minimum absolute atomic E-state index is 1.15. The van der Waals surface area contributed by atoms with Crippen molar-refractivity contribution < 1.29 is 0 Å². The molecule has 0 atom stereocenters. The van der Waals surface area contributed by atoms with E-state index in [4.69, 9.17) is 0 Å². The van der Waals surface area contributed by atoms with Gasteiger partial charge in [0.05, 0.1) is 0 Å². The van der Waals surface area contributed by atoms with Gasteiger partial charge in [0.25, 0.3) is 0 Å².